The van der Waals surface area contributed by atoms with E-state index in [0.717, 1.165) is 15.7 Å². The van der Waals surface area contributed by atoms with Gasteiger partial charge in [-0.3, -0.25) is 4.79 Å². The molecule has 1 aromatic heterocycles. The van der Waals surface area contributed by atoms with E-state index in [2.05, 4.69) is 25.9 Å². The Morgan fingerprint density at radius 1 is 1.44 bits per heavy atom. The molecule has 0 spiro atoms. The molecule has 0 unspecified atom stereocenters. The molecule has 0 saturated carbocycles. The molecule has 0 atom stereocenters. The lowest BCUT2D eigenvalue weighted by atomic mass is 10.2. The molecule has 1 aromatic carbocycles. The average Bonchev–Trinajstić information content (AvgIpc) is 2.26. The van der Waals surface area contributed by atoms with Gasteiger partial charge in [0.05, 0.1) is 0 Å². The number of halogens is 1. The normalized spacial score (nSPS) is 10.6. The Kier molecular flexibility index (Phi) is 4.08. The standard InChI is InChI=1S/C12H12BrN3OS/c1-7-4-11(17)16-12(15-7)18-6-8-2-3-9(13)5-10(8)14/h2-5H,6,14H2,1H3,(H,15,16,17). The lowest BCUT2D eigenvalue weighted by Gasteiger charge is -2.05. The Morgan fingerprint density at radius 3 is 2.89 bits per heavy atom. The number of nitrogens with one attached hydrogen (secondary N) is 1. The Morgan fingerprint density at radius 2 is 2.22 bits per heavy atom. The van der Waals surface area contributed by atoms with E-state index in [0.29, 0.717) is 16.6 Å². The molecule has 0 fully saturated rings. The van der Waals surface area contributed by atoms with E-state index >= 15 is 0 Å². The summed E-state index contributed by atoms with van der Waals surface area (Å²) in [5.74, 6) is 0.672. The summed E-state index contributed by atoms with van der Waals surface area (Å²) in [5.41, 5.74) is 8.24. The molecule has 18 heavy (non-hydrogen) atoms. The van der Waals surface area contributed by atoms with Crippen LogP contribution in [0.25, 0.3) is 0 Å². The van der Waals surface area contributed by atoms with Crippen molar-refractivity contribution in [2.24, 2.45) is 0 Å². The number of nitrogen functional groups attached to an aromatic ring is 1. The van der Waals surface area contributed by atoms with Crippen molar-refractivity contribution < 1.29 is 0 Å². The van der Waals surface area contributed by atoms with Crippen LogP contribution in [0.1, 0.15) is 11.3 Å². The predicted molar refractivity (Wildman–Crippen MR) is 77.7 cm³/mol. The molecule has 0 radical (unpaired) electrons. The number of anilines is 1. The number of rotatable bonds is 3. The molecule has 3 N–H and O–H groups in total. The van der Waals surface area contributed by atoms with Crippen LogP contribution in [0.3, 0.4) is 0 Å². The van der Waals surface area contributed by atoms with E-state index in [1.807, 2.05) is 18.2 Å². The quantitative estimate of drug-likeness (QED) is 0.517. The van der Waals surface area contributed by atoms with Gasteiger partial charge in [0.15, 0.2) is 5.16 Å². The summed E-state index contributed by atoms with van der Waals surface area (Å²) in [6, 6.07) is 7.24. The fourth-order valence-corrected chi connectivity index (χ4v) is 2.78. The van der Waals surface area contributed by atoms with Gasteiger partial charge >= 0.3 is 0 Å². The molecule has 0 amide bonds. The summed E-state index contributed by atoms with van der Waals surface area (Å²) in [5, 5.41) is 0.613. The van der Waals surface area contributed by atoms with Gasteiger partial charge in [0.1, 0.15) is 0 Å². The second-order valence-electron chi connectivity index (χ2n) is 3.82. The number of H-pyrrole nitrogens is 1. The largest absolute Gasteiger partial charge is 0.398 e. The van der Waals surface area contributed by atoms with E-state index in [1.54, 1.807) is 6.92 Å². The molecule has 94 valence electrons. The van der Waals surface area contributed by atoms with Crippen LogP contribution >= 0.6 is 27.7 Å². The zero-order valence-electron chi connectivity index (χ0n) is 9.74. The van der Waals surface area contributed by atoms with Crippen molar-refractivity contribution in [1.29, 1.82) is 0 Å². The Balaban J connectivity index is 2.13. The lowest BCUT2D eigenvalue weighted by Crippen LogP contribution is -2.08. The minimum absolute atomic E-state index is 0.131. The first-order valence-electron chi connectivity index (χ1n) is 5.29. The summed E-state index contributed by atoms with van der Waals surface area (Å²) < 4.78 is 0.954. The van der Waals surface area contributed by atoms with Crippen LogP contribution in [-0.4, -0.2) is 9.97 Å². The van der Waals surface area contributed by atoms with Crippen molar-refractivity contribution in [1.82, 2.24) is 9.97 Å². The molecule has 0 aliphatic carbocycles. The highest BCUT2D eigenvalue weighted by Gasteiger charge is 2.03. The zero-order valence-corrected chi connectivity index (χ0v) is 12.1. The number of hydrogen-bond acceptors (Lipinski definition) is 4. The highest BCUT2D eigenvalue weighted by Crippen LogP contribution is 2.25. The van der Waals surface area contributed by atoms with Gasteiger partial charge in [-0.2, -0.15) is 0 Å². The summed E-state index contributed by atoms with van der Waals surface area (Å²) in [6.07, 6.45) is 0. The van der Waals surface area contributed by atoms with E-state index in [1.165, 1.54) is 17.8 Å². The minimum atomic E-state index is -0.131. The Bertz CT molecular complexity index is 627. The highest BCUT2D eigenvalue weighted by atomic mass is 79.9. The van der Waals surface area contributed by atoms with Crippen LogP contribution < -0.4 is 11.3 Å². The molecular formula is C12H12BrN3OS. The molecule has 0 aliphatic heterocycles. The molecule has 0 bridgehead atoms. The van der Waals surface area contributed by atoms with E-state index in [4.69, 9.17) is 5.73 Å². The second-order valence-corrected chi connectivity index (χ2v) is 5.70. The van der Waals surface area contributed by atoms with Gasteiger partial charge in [0, 0.05) is 27.7 Å². The van der Waals surface area contributed by atoms with Gasteiger partial charge in [0.2, 0.25) is 0 Å². The maximum atomic E-state index is 11.3. The first-order chi connectivity index (χ1) is 8.54. The van der Waals surface area contributed by atoms with Crippen molar-refractivity contribution in [3.05, 3.63) is 50.3 Å². The molecule has 1 heterocycles. The molecule has 4 nitrogen and oxygen atoms in total. The summed E-state index contributed by atoms with van der Waals surface area (Å²) in [7, 11) is 0. The summed E-state index contributed by atoms with van der Waals surface area (Å²) in [4.78, 5) is 18.2. The first-order valence-corrected chi connectivity index (χ1v) is 7.07. The number of aromatic amines is 1. The van der Waals surface area contributed by atoms with Crippen molar-refractivity contribution in [3.8, 4) is 0 Å². The van der Waals surface area contributed by atoms with Crippen LogP contribution in [0.5, 0.6) is 0 Å². The Hall–Kier alpha value is -1.27. The number of aryl methyl sites for hydroxylation is 1. The molecule has 0 saturated heterocycles. The van der Waals surface area contributed by atoms with Crippen LogP contribution in [0.4, 0.5) is 5.69 Å². The van der Waals surface area contributed by atoms with Crippen LogP contribution in [0, 0.1) is 6.92 Å². The van der Waals surface area contributed by atoms with Gasteiger partial charge < -0.3 is 10.7 Å². The Labute approximate surface area is 117 Å². The third-order valence-corrected chi connectivity index (χ3v) is 3.74. The fourth-order valence-electron chi connectivity index (χ4n) is 1.46. The smallest absolute Gasteiger partial charge is 0.251 e. The third kappa shape index (κ3) is 3.36. The molecule has 2 rings (SSSR count). The number of thioether (sulfide) groups is 1. The number of hydrogen-bond donors (Lipinski definition) is 2. The van der Waals surface area contributed by atoms with Crippen molar-refractivity contribution in [2.75, 3.05) is 5.73 Å². The monoisotopic (exact) mass is 325 g/mol. The zero-order chi connectivity index (χ0) is 13.1. The van der Waals surface area contributed by atoms with Gasteiger partial charge in [-0.1, -0.05) is 33.8 Å². The SMILES string of the molecule is Cc1cc(=O)[nH]c(SCc2ccc(Br)cc2N)n1. The first kappa shape index (κ1) is 13.2. The topological polar surface area (TPSA) is 71.8 Å². The van der Waals surface area contributed by atoms with Crippen molar-refractivity contribution in [3.63, 3.8) is 0 Å². The van der Waals surface area contributed by atoms with Gasteiger partial charge in [-0.05, 0) is 24.6 Å². The number of aromatic nitrogens is 2. The predicted octanol–water partition coefficient (Wildman–Crippen LogP) is 2.72. The molecule has 2 aromatic rings. The third-order valence-electron chi connectivity index (χ3n) is 2.32. The van der Waals surface area contributed by atoms with Crippen LogP contribution in [0.2, 0.25) is 0 Å². The molecular weight excluding hydrogens is 314 g/mol. The van der Waals surface area contributed by atoms with Crippen molar-refractivity contribution in [2.45, 2.75) is 17.8 Å². The fraction of sp³-hybridized carbons (Fsp3) is 0.167. The minimum Gasteiger partial charge on any atom is -0.398 e. The van der Waals surface area contributed by atoms with Crippen LogP contribution in [0.15, 0.2) is 38.7 Å². The van der Waals surface area contributed by atoms with Gasteiger partial charge in [-0.25, -0.2) is 4.98 Å². The summed E-state index contributed by atoms with van der Waals surface area (Å²) in [6.45, 7) is 1.80. The van der Waals surface area contributed by atoms with E-state index in [9.17, 15) is 4.79 Å². The summed E-state index contributed by atoms with van der Waals surface area (Å²) >= 11 is 4.82. The average molecular weight is 326 g/mol. The number of nitrogens with two attached hydrogens (primary N) is 1. The highest BCUT2D eigenvalue weighted by molar-refractivity contribution is 9.10. The van der Waals surface area contributed by atoms with Crippen LogP contribution in [-0.2, 0) is 5.75 Å². The van der Waals surface area contributed by atoms with Crippen molar-refractivity contribution >= 4 is 33.4 Å². The number of nitrogens with zero attached hydrogens (tertiary/aromatic N) is 1. The molecule has 0 aliphatic rings. The second kappa shape index (κ2) is 5.58. The lowest BCUT2D eigenvalue weighted by molar-refractivity contribution is 0.905. The molecule has 6 heteroatoms. The van der Waals surface area contributed by atoms with Gasteiger partial charge in [0.25, 0.3) is 5.56 Å². The van der Waals surface area contributed by atoms with Gasteiger partial charge in [-0.15, -0.1) is 0 Å². The maximum Gasteiger partial charge on any atom is 0.251 e. The maximum absolute atomic E-state index is 11.3. The van der Waals surface area contributed by atoms with E-state index in [-0.39, 0.29) is 5.56 Å². The van der Waals surface area contributed by atoms with E-state index < -0.39 is 0 Å². The number of benzene rings is 1.